The van der Waals surface area contributed by atoms with Gasteiger partial charge in [0.15, 0.2) is 0 Å². The van der Waals surface area contributed by atoms with Crippen molar-refractivity contribution in [3.63, 3.8) is 0 Å². The Balaban J connectivity index is 2.30. The first-order chi connectivity index (χ1) is 9.41. The lowest BCUT2D eigenvalue weighted by atomic mass is 10.1. The van der Waals surface area contributed by atoms with Crippen LogP contribution in [0.2, 0.25) is 0 Å². The number of hydrogen-bond acceptors (Lipinski definition) is 2. The van der Waals surface area contributed by atoms with Crippen LogP contribution in [0.25, 0.3) is 16.6 Å². The van der Waals surface area contributed by atoms with E-state index < -0.39 is 11.7 Å². The largest absolute Gasteiger partial charge is 0.416 e. The van der Waals surface area contributed by atoms with Crippen LogP contribution < -0.4 is 0 Å². The second kappa shape index (κ2) is 5.79. The molecule has 2 rings (SSSR count). The molecular weight excluding hydrogens is 283 g/mol. The smallest absolute Gasteiger partial charge is 0.241 e. The Kier molecular flexibility index (Phi) is 4.28. The van der Waals surface area contributed by atoms with Gasteiger partial charge >= 0.3 is 6.18 Å². The number of halogens is 3. The van der Waals surface area contributed by atoms with Crippen LogP contribution in [0.4, 0.5) is 13.2 Å². The second-order valence-corrected chi connectivity index (χ2v) is 5.39. The van der Waals surface area contributed by atoms with E-state index in [0.717, 1.165) is 34.1 Å². The maximum atomic E-state index is 12.5. The zero-order valence-corrected chi connectivity index (χ0v) is 12.0. The molecule has 2 aromatic rings. The third kappa shape index (κ3) is 3.28. The van der Waals surface area contributed by atoms with E-state index in [-0.39, 0.29) is 0 Å². The van der Waals surface area contributed by atoms with E-state index in [2.05, 4.69) is 4.98 Å². The minimum absolute atomic E-state index is 0.638. The molecule has 20 heavy (non-hydrogen) atoms. The van der Waals surface area contributed by atoms with Crippen molar-refractivity contribution in [2.45, 2.75) is 26.4 Å². The third-order valence-corrected chi connectivity index (χ3v) is 3.97. The summed E-state index contributed by atoms with van der Waals surface area (Å²) in [4.78, 5) is 5.45. The summed E-state index contributed by atoms with van der Waals surface area (Å²) in [5.41, 5.74) is 0.970. The highest BCUT2D eigenvalue weighted by atomic mass is 32.1. The van der Waals surface area contributed by atoms with E-state index in [4.69, 9.17) is 0 Å². The zero-order valence-electron chi connectivity index (χ0n) is 11.2. The molecule has 0 amide bonds. The van der Waals surface area contributed by atoms with Gasteiger partial charge < -0.3 is 0 Å². The molecule has 0 N–H and O–H groups in total. The minimum atomic E-state index is -4.30. The topological polar surface area (TPSA) is 12.9 Å². The maximum Gasteiger partial charge on any atom is 0.416 e. The van der Waals surface area contributed by atoms with Gasteiger partial charge in [0.1, 0.15) is 5.01 Å². The number of nitrogens with zero attached hydrogens (tertiary/aromatic N) is 1. The van der Waals surface area contributed by atoms with Crippen molar-refractivity contribution in [1.82, 2.24) is 4.98 Å². The van der Waals surface area contributed by atoms with Crippen LogP contribution in [0.15, 0.2) is 30.3 Å². The molecule has 1 nitrogen and oxygen atoms in total. The SMILES string of the molecule is CCC=Cc1sc(-c2ccc(C(F)(F)F)cc2)nc1C. The van der Waals surface area contributed by atoms with Gasteiger partial charge in [0.05, 0.1) is 16.1 Å². The fourth-order valence-electron chi connectivity index (χ4n) is 1.71. The molecule has 5 heteroatoms. The molecule has 0 aliphatic rings. The lowest BCUT2D eigenvalue weighted by Crippen LogP contribution is -2.03. The summed E-state index contributed by atoms with van der Waals surface area (Å²) >= 11 is 1.49. The molecule has 0 unspecified atom stereocenters. The highest BCUT2D eigenvalue weighted by molar-refractivity contribution is 7.16. The molecule has 0 radical (unpaired) electrons. The molecule has 0 saturated heterocycles. The second-order valence-electron chi connectivity index (χ2n) is 4.35. The number of aromatic nitrogens is 1. The third-order valence-electron chi connectivity index (χ3n) is 2.80. The number of benzene rings is 1. The van der Waals surface area contributed by atoms with Crippen molar-refractivity contribution >= 4 is 17.4 Å². The molecule has 106 valence electrons. The first-order valence-corrected chi connectivity index (χ1v) is 7.05. The Hall–Kier alpha value is -1.62. The van der Waals surface area contributed by atoms with Crippen LogP contribution in [-0.4, -0.2) is 4.98 Å². The fourth-order valence-corrected chi connectivity index (χ4v) is 2.72. The molecule has 0 saturated carbocycles. The predicted octanol–water partition coefficient (Wildman–Crippen LogP) is 5.56. The summed E-state index contributed by atoms with van der Waals surface area (Å²) in [6.07, 6.45) is 0.678. The maximum absolute atomic E-state index is 12.5. The number of thiazole rings is 1. The minimum Gasteiger partial charge on any atom is -0.241 e. The van der Waals surface area contributed by atoms with Crippen molar-refractivity contribution in [1.29, 1.82) is 0 Å². The number of hydrogen-bond donors (Lipinski definition) is 0. The Labute approximate surface area is 119 Å². The van der Waals surface area contributed by atoms with Crippen LogP contribution in [0, 0.1) is 6.92 Å². The normalized spacial score (nSPS) is 12.2. The van der Waals surface area contributed by atoms with Crippen molar-refractivity contribution in [3.05, 3.63) is 46.5 Å². The van der Waals surface area contributed by atoms with Crippen molar-refractivity contribution in [2.24, 2.45) is 0 Å². The van der Waals surface area contributed by atoms with Crippen molar-refractivity contribution in [2.75, 3.05) is 0 Å². The van der Waals surface area contributed by atoms with Crippen LogP contribution in [0.5, 0.6) is 0 Å². The van der Waals surface area contributed by atoms with E-state index in [1.807, 2.05) is 26.0 Å². The van der Waals surface area contributed by atoms with Gasteiger partial charge in [-0.25, -0.2) is 4.98 Å². The van der Waals surface area contributed by atoms with Crippen molar-refractivity contribution in [3.8, 4) is 10.6 Å². The van der Waals surface area contributed by atoms with E-state index in [1.165, 1.54) is 23.5 Å². The molecule has 1 aromatic carbocycles. The number of aryl methyl sites for hydroxylation is 1. The van der Waals surface area contributed by atoms with Crippen LogP contribution in [0.3, 0.4) is 0 Å². The standard InChI is InChI=1S/C15H14F3NS/c1-3-4-5-13-10(2)19-14(20-13)11-6-8-12(9-7-11)15(16,17)18/h4-9H,3H2,1-2H3. The molecule has 0 atom stereocenters. The first-order valence-electron chi connectivity index (χ1n) is 6.23. The zero-order chi connectivity index (χ0) is 14.8. The molecule has 0 spiro atoms. The van der Waals surface area contributed by atoms with E-state index in [1.54, 1.807) is 0 Å². The molecule has 0 aliphatic carbocycles. The predicted molar refractivity (Wildman–Crippen MR) is 76.6 cm³/mol. The quantitative estimate of drug-likeness (QED) is 0.722. The highest BCUT2D eigenvalue weighted by Crippen LogP contribution is 2.33. The van der Waals surface area contributed by atoms with Gasteiger partial charge in [-0.05, 0) is 31.6 Å². The summed E-state index contributed by atoms with van der Waals surface area (Å²) in [5.74, 6) is 0. The average Bonchev–Trinajstić information content (AvgIpc) is 2.77. The van der Waals surface area contributed by atoms with E-state index >= 15 is 0 Å². The summed E-state index contributed by atoms with van der Waals surface area (Å²) in [5, 5.41) is 0.743. The van der Waals surface area contributed by atoms with Crippen molar-refractivity contribution < 1.29 is 13.2 Å². The average molecular weight is 297 g/mol. The van der Waals surface area contributed by atoms with E-state index in [0.29, 0.717) is 5.56 Å². The van der Waals surface area contributed by atoms with Gasteiger partial charge in [0, 0.05) is 5.56 Å². The molecule has 0 bridgehead atoms. The Morgan fingerprint density at radius 1 is 1.20 bits per heavy atom. The van der Waals surface area contributed by atoms with Gasteiger partial charge in [-0.15, -0.1) is 11.3 Å². The van der Waals surface area contributed by atoms with Gasteiger partial charge in [0.25, 0.3) is 0 Å². The summed E-state index contributed by atoms with van der Waals surface area (Å²) < 4.78 is 37.5. The van der Waals surface area contributed by atoms with Crippen LogP contribution >= 0.6 is 11.3 Å². The molecule has 1 aromatic heterocycles. The molecule has 1 heterocycles. The summed E-state index contributed by atoms with van der Waals surface area (Å²) in [7, 11) is 0. The number of allylic oxidation sites excluding steroid dienone is 1. The van der Waals surface area contributed by atoms with Gasteiger partial charge in [-0.2, -0.15) is 13.2 Å². The number of alkyl halides is 3. The van der Waals surface area contributed by atoms with E-state index in [9.17, 15) is 13.2 Å². The van der Waals surface area contributed by atoms with Gasteiger partial charge in [-0.3, -0.25) is 0 Å². The summed E-state index contributed by atoms with van der Waals surface area (Å²) in [6.45, 7) is 3.95. The Bertz CT molecular complexity index is 609. The highest BCUT2D eigenvalue weighted by Gasteiger charge is 2.30. The van der Waals surface area contributed by atoms with Gasteiger partial charge in [0.2, 0.25) is 0 Å². The molecule has 0 fully saturated rings. The van der Waals surface area contributed by atoms with Crippen LogP contribution in [0.1, 0.15) is 29.5 Å². The fraction of sp³-hybridized carbons (Fsp3) is 0.267. The Morgan fingerprint density at radius 3 is 2.40 bits per heavy atom. The summed E-state index contributed by atoms with van der Waals surface area (Å²) in [6, 6.07) is 5.12. The number of rotatable bonds is 3. The van der Waals surface area contributed by atoms with Crippen LogP contribution in [-0.2, 0) is 6.18 Å². The first kappa shape index (κ1) is 14.8. The van der Waals surface area contributed by atoms with Gasteiger partial charge in [-0.1, -0.05) is 25.1 Å². The molecule has 0 aliphatic heterocycles. The molecular formula is C15H14F3NS. The monoisotopic (exact) mass is 297 g/mol. The lowest BCUT2D eigenvalue weighted by Gasteiger charge is -2.06. The Morgan fingerprint density at radius 2 is 1.85 bits per heavy atom. The lowest BCUT2D eigenvalue weighted by molar-refractivity contribution is -0.137.